The molecule has 1 aliphatic carbocycles. The van der Waals surface area contributed by atoms with Crippen molar-refractivity contribution < 1.29 is 8.42 Å². The van der Waals surface area contributed by atoms with Gasteiger partial charge in [0.1, 0.15) is 0 Å². The summed E-state index contributed by atoms with van der Waals surface area (Å²) < 4.78 is 27.7. The van der Waals surface area contributed by atoms with E-state index in [1.54, 1.807) is 16.4 Å². The summed E-state index contributed by atoms with van der Waals surface area (Å²) in [5.74, 6) is 0.527. The first-order chi connectivity index (χ1) is 12.5. The predicted octanol–water partition coefficient (Wildman–Crippen LogP) is 4.28. The van der Waals surface area contributed by atoms with Gasteiger partial charge in [0.25, 0.3) is 0 Å². The fraction of sp³-hybridized carbons (Fsp3) is 0.273. The minimum absolute atomic E-state index is 0.263. The molecular weight excluding hydrogens is 342 g/mol. The van der Waals surface area contributed by atoms with Crippen LogP contribution in [0.3, 0.4) is 0 Å². The van der Waals surface area contributed by atoms with Crippen LogP contribution in [0.25, 0.3) is 6.08 Å². The molecule has 0 saturated carbocycles. The number of aryl methyl sites for hydroxylation is 1. The van der Waals surface area contributed by atoms with Crippen molar-refractivity contribution in [2.75, 3.05) is 13.1 Å². The molecule has 2 aromatic rings. The molecule has 1 saturated heterocycles. The highest BCUT2D eigenvalue weighted by molar-refractivity contribution is 7.89. The van der Waals surface area contributed by atoms with Gasteiger partial charge in [-0.25, -0.2) is 8.42 Å². The second-order valence-corrected chi connectivity index (χ2v) is 9.11. The summed E-state index contributed by atoms with van der Waals surface area (Å²) in [7, 11) is -3.44. The summed E-state index contributed by atoms with van der Waals surface area (Å²) in [5.41, 5.74) is 3.57. The molecule has 3 nitrogen and oxygen atoms in total. The van der Waals surface area contributed by atoms with Crippen LogP contribution in [0, 0.1) is 18.8 Å². The van der Waals surface area contributed by atoms with Crippen LogP contribution >= 0.6 is 0 Å². The highest BCUT2D eigenvalue weighted by atomic mass is 32.2. The van der Waals surface area contributed by atoms with E-state index in [4.69, 9.17) is 0 Å². The molecule has 4 rings (SSSR count). The Kier molecular flexibility index (Phi) is 4.55. The number of hydrogen-bond donors (Lipinski definition) is 0. The summed E-state index contributed by atoms with van der Waals surface area (Å²) in [6, 6.07) is 17.4. The first-order valence-corrected chi connectivity index (χ1v) is 10.5. The largest absolute Gasteiger partial charge is 0.243 e. The van der Waals surface area contributed by atoms with E-state index >= 15 is 0 Å². The van der Waals surface area contributed by atoms with Gasteiger partial charge in [-0.2, -0.15) is 4.31 Å². The van der Waals surface area contributed by atoms with Crippen molar-refractivity contribution in [3.05, 3.63) is 83.4 Å². The first-order valence-electron chi connectivity index (χ1n) is 9.03. The maximum atomic E-state index is 13.0. The number of nitrogens with zero attached hydrogens (tertiary/aromatic N) is 1. The van der Waals surface area contributed by atoms with Crippen LogP contribution in [0.15, 0.2) is 77.2 Å². The van der Waals surface area contributed by atoms with Gasteiger partial charge in [-0.1, -0.05) is 71.8 Å². The number of fused-ring (bicyclic) bond motifs is 1. The van der Waals surface area contributed by atoms with Crippen molar-refractivity contribution in [1.29, 1.82) is 0 Å². The Bertz CT molecular complexity index is 943. The first kappa shape index (κ1) is 17.3. The van der Waals surface area contributed by atoms with Gasteiger partial charge < -0.3 is 0 Å². The van der Waals surface area contributed by atoms with Crippen molar-refractivity contribution in [3.63, 3.8) is 0 Å². The smallest absolute Gasteiger partial charge is 0.207 e. The zero-order valence-electron chi connectivity index (χ0n) is 14.9. The third-order valence-corrected chi connectivity index (χ3v) is 7.20. The van der Waals surface area contributed by atoms with E-state index in [1.807, 2.05) is 37.3 Å². The van der Waals surface area contributed by atoms with Crippen LogP contribution in [0.1, 0.15) is 17.5 Å². The van der Waals surface area contributed by atoms with Crippen LogP contribution < -0.4 is 0 Å². The average Bonchev–Trinajstić information content (AvgIpc) is 3.09. The molecule has 2 aromatic carbocycles. The van der Waals surface area contributed by atoms with E-state index in [-0.39, 0.29) is 11.8 Å². The van der Waals surface area contributed by atoms with Gasteiger partial charge in [0.2, 0.25) is 10.0 Å². The summed E-state index contributed by atoms with van der Waals surface area (Å²) in [6.07, 6.45) is 7.49. The van der Waals surface area contributed by atoms with E-state index in [0.29, 0.717) is 18.0 Å². The Morgan fingerprint density at radius 1 is 1.00 bits per heavy atom. The summed E-state index contributed by atoms with van der Waals surface area (Å²) in [4.78, 5) is 0.388. The molecule has 0 amide bonds. The fourth-order valence-corrected chi connectivity index (χ4v) is 5.40. The molecule has 1 fully saturated rings. The van der Waals surface area contributed by atoms with E-state index in [1.165, 1.54) is 11.1 Å². The van der Waals surface area contributed by atoms with Crippen LogP contribution in [0.4, 0.5) is 0 Å². The molecule has 0 aromatic heterocycles. The molecule has 26 heavy (non-hydrogen) atoms. The Labute approximate surface area is 155 Å². The SMILES string of the molecule is Cc1ccc(S(=O)(=O)N2C[C@@H]3/C(=C\c4ccccc4)CC=C[C@H]3C2)cc1. The zero-order valence-corrected chi connectivity index (χ0v) is 15.7. The maximum Gasteiger partial charge on any atom is 0.243 e. The summed E-state index contributed by atoms with van der Waals surface area (Å²) >= 11 is 0. The number of rotatable bonds is 3. The molecule has 0 spiro atoms. The molecule has 1 aliphatic heterocycles. The molecule has 134 valence electrons. The molecular formula is C22H23NO2S. The second kappa shape index (κ2) is 6.86. The normalized spacial score (nSPS) is 24.7. The third kappa shape index (κ3) is 3.27. The van der Waals surface area contributed by atoms with Crippen LogP contribution in [-0.4, -0.2) is 25.8 Å². The van der Waals surface area contributed by atoms with Gasteiger partial charge in [-0.05, 0) is 37.0 Å². The van der Waals surface area contributed by atoms with Gasteiger partial charge in [0, 0.05) is 19.0 Å². The Balaban J connectivity index is 1.61. The van der Waals surface area contributed by atoms with Gasteiger partial charge in [-0.15, -0.1) is 0 Å². The van der Waals surface area contributed by atoms with Crippen LogP contribution in [-0.2, 0) is 10.0 Å². The van der Waals surface area contributed by atoms with Gasteiger partial charge in [0.05, 0.1) is 4.90 Å². The van der Waals surface area contributed by atoms with Crippen molar-refractivity contribution >= 4 is 16.1 Å². The maximum absolute atomic E-state index is 13.0. The second-order valence-electron chi connectivity index (χ2n) is 7.17. The number of allylic oxidation sites excluding steroid dienone is 1. The standard InChI is InChI=1S/C22H23NO2S/c1-17-10-12-21(13-11-17)26(24,25)23-15-20-9-5-8-19(22(20)16-23)14-18-6-3-2-4-7-18/h2-7,9-14,20,22H,8,15-16H2,1H3/b19-14-/t20-,22+/m0/s1. The van der Waals surface area contributed by atoms with Gasteiger partial charge in [-0.3, -0.25) is 0 Å². The lowest BCUT2D eigenvalue weighted by molar-refractivity contribution is 0.466. The van der Waals surface area contributed by atoms with Crippen molar-refractivity contribution in [1.82, 2.24) is 4.31 Å². The lowest BCUT2D eigenvalue weighted by atomic mass is 9.82. The van der Waals surface area contributed by atoms with Crippen molar-refractivity contribution in [2.24, 2.45) is 11.8 Å². The lowest BCUT2D eigenvalue weighted by Gasteiger charge is -2.22. The van der Waals surface area contributed by atoms with Crippen molar-refractivity contribution in [3.8, 4) is 0 Å². The van der Waals surface area contributed by atoms with Gasteiger partial charge in [0.15, 0.2) is 0 Å². The highest BCUT2D eigenvalue weighted by Crippen LogP contribution is 2.39. The average molecular weight is 365 g/mol. The Hall–Kier alpha value is -2.17. The monoisotopic (exact) mass is 365 g/mol. The fourth-order valence-electron chi connectivity index (χ4n) is 3.89. The van der Waals surface area contributed by atoms with E-state index < -0.39 is 10.0 Å². The minimum atomic E-state index is -3.44. The number of benzene rings is 2. The van der Waals surface area contributed by atoms with E-state index in [2.05, 4.69) is 30.4 Å². The van der Waals surface area contributed by atoms with E-state index in [0.717, 1.165) is 12.0 Å². The quantitative estimate of drug-likeness (QED) is 0.762. The topological polar surface area (TPSA) is 37.4 Å². The summed E-state index contributed by atoms with van der Waals surface area (Å²) in [5, 5.41) is 0. The van der Waals surface area contributed by atoms with Crippen molar-refractivity contribution in [2.45, 2.75) is 18.2 Å². The molecule has 0 radical (unpaired) electrons. The molecule has 1 heterocycles. The summed E-state index contributed by atoms with van der Waals surface area (Å²) in [6.45, 7) is 3.08. The number of hydrogen-bond acceptors (Lipinski definition) is 2. The Morgan fingerprint density at radius 3 is 2.46 bits per heavy atom. The molecule has 4 heteroatoms. The Morgan fingerprint density at radius 2 is 1.73 bits per heavy atom. The van der Waals surface area contributed by atoms with Crippen LogP contribution in [0.5, 0.6) is 0 Å². The molecule has 0 N–H and O–H groups in total. The lowest BCUT2D eigenvalue weighted by Crippen LogP contribution is -2.29. The molecule has 0 unspecified atom stereocenters. The molecule has 2 atom stereocenters. The number of sulfonamides is 1. The zero-order chi connectivity index (χ0) is 18.1. The third-order valence-electron chi connectivity index (χ3n) is 5.36. The van der Waals surface area contributed by atoms with Gasteiger partial charge >= 0.3 is 0 Å². The molecule has 0 bridgehead atoms. The van der Waals surface area contributed by atoms with E-state index in [9.17, 15) is 8.42 Å². The minimum Gasteiger partial charge on any atom is -0.207 e. The predicted molar refractivity (Wildman–Crippen MR) is 105 cm³/mol. The highest BCUT2D eigenvalue weighted by Gasteiger charge is 2.40. The van der Waals surface area contributed by atoms with Crippen LogP contribution in [0.2, 0.25) is 0 Å². The molecule has 2 aliphatic rings.